The number of benzene rings is 2. The fourth-order valence-electron chi connectivity index (χ4n) is 2.30. The lowest BCUT2D eigenvalue weighted by atomic mass is 10.1. The normalized spacial score (nSPS) is 12.0. The standard InChI is InChI=1S/C18H14ClFN2O3/c19-14-7-3-1-5-12(14)16-9-11(25-22-16)10-21-18(24)17(23)13-6-2-4-8-15(13)20/h1-9,17,23H,10H2,(H,21,24). The molecule has 0 saturated heterocycles. The number of halogens is 2. The lowest BCUT2D eigenvalue weighted by molar-refractivity contribution is -0.130. The molecule has 128 valence electrons. The Balaban J connectivity index is 1.65. The third-order valence-corrected chi connectivity index (χ3v) is 3.92. The molecule has 1 amide bonds. The Labute approximate surface area is 148 Å². The van der Waals surface area contributed by atoms with Gasteiger partial charge in [0.15, 0.2) is 11.9 Å². The van der Waals surface area contributed by atoms with Crippen molar-refractivity contribution in [3.05, 3.63) is 76.8 Å². The number of aromatic nitrogens is 1. The van der Waals surface area contributed by atoms with E-state index in [4.69, 9.17) is 16.1 Å². The van der Waals surface area contributed by atoms with Crippen molar-refractivity contribution < 1.29 is 18.8 Å². The zero-order chi connectivity index (χ0) is 17.8. The Morgan fingerprint density at radius 2 is 1.96 bits per heavy atom. The van der Waals surface area contributed by atoms with Crippen LogP contribution in [-0.4, -0.2) is 16.2 Å². The van der Waals surface area contributed by atoms with Gasteiger partial charge in [0.25, 0.3) is 5.91 Å². The first-order chi connectivity index (χ1) is 12.1. The fourth-order valence-corrected chi connectivity index (χ4v) is 2.53. The number of carbonyl (C=O) groups excluding carboxylic acids is 1. The number of aliphatic hydroxyl groups excluding tert-OH is 1. The van der Waals surface area contributed by atoms with Gasteiger partial charge in [-0.25, -0.2) is 4.39 Å². The molecule has 5 nitrogen and oxygen atoms in total. The summed E-state index contributed by atoms with van der Waals surface area (Å²) in [6.45, 7) is 0.00178. The predicted octanol–water partition coefficient (Wildman–Crippen LogP) is 3.48. The van der Waals surface area contributed by atoms with Crippen LogP contribution in [0.3, 0.4) is 0 Å². The SMILES string of the molecule is O=C(NCc1cc(-c2ccccc2Cl)no1)C(O)c1ccccc1F. The maximum atomic E-state index is 13.6. The molecule has 3 aromatic rings. The number of nitrogens with zero attached hydrogens (tertiary/aromatic N) is 1. The molecule has 3 rings (SSSR count). The van der Waals surface area contributed by atoms with Gasteiger partial charge in [-0.3, -0.25) is 4.79 Å². The van der Waals surface area contributed by atoms with Crippen LogP contribution in [0.4, 0.5) is 4.39 Å². The molecule has 0 fully saturated rings. The van der Waals surface area contributed by atoms with Crippen LogP contribution >= 0.6 is 11.6 Å². The van der Waals surface area contributed by atoms with E-state index in [1.807, 2.05) is 6.07 Å². The molecule has 7 heteroatoms. The smallest absolute Gasteiger partial charge is 0.253 e. The highest BCUT2D eigenvalue weighted by Crippen LogP contribution is 2.27. The molecular formula is C18H14ClFN2O3. The first-order valence-electron chi connectivity index (χ1n) is 7.47. The zero-order valence-electron chi connectivity index (χ0n) is 12.9. The summed E-state index contributed by atoms with van der Waals surface area (Å²) in [7, 11) is 0. The van der Waals surface area contributed by atoms with E-state index in [2.05, 4.69) is 10.5 Å². The topological polar surface area (TPSA) is 75.4 Å². The summed E-state index contributed by atoms with van der Waals surface area (Å²) in [6.07, 6.45) is -1.60. The van der Waals surface area contributed by atoms with Gasteiger partial charge in [-0.1, -0.05) is 53.2 Å². The number of hydrogen-bond acceptors (Lipinski definition) is 4. The Bertz CT molecular complexity index is 897. The number of aliphatic hydroxyl groups is 1. The van der Waals surface area contributed by atoms with Crippen LogP contribution in [0.2, 0.25) is 5.02 Å². The van der Waals surface area contributed by atoms with Crippen LogP contribution in [0.5, 0.6) is 0 Å². The summed E-state index contributed by atoms with van der Waals surface area (Å²) in [6, 6.07) is 14.3. The summed E-state index contributed by atoms with van der Waals surface area (Å²) >= 11 is 6.10. The number of hydrogen-bond donors (Lipinski definition) is 2. The van der Waals surface area contributed by atoms with Gasteiger partial charge in [0, 0.05) is 17.2 Å². The molecule has 0 aliphatic heterocycles. The van der Waals surface area contributed by atoms with Gasteiger partial charge in [0.1, 0.15) is 11.5 Å². The Morgan fingerprint density at radius 1 is 1.24 bits per heavy atom. The molecule has 2 N–H and O–H groups in total. The van der Waals surface area contributed by atoms with E-state index in [1.165, 1.54) is 18.2 Å². The fraction of sp³-hybridized carbons (Fsp3) is 0.111. The second-order valence-electron chi connectivity index (χ2n) is 5.30. The molecule has 0 bridgehead atoms. The van der Waals surface area contributed by atoms with Crippen LogP contribution < -0.4 is 5.32 Å². The van der Waals surface area contributed by atoms with Gasteiger partial charge in [-0.2, -0.15) is 0 Å². The van der Waals surface area contributed by atoms with E-state index in [-0.39, 0.29) is 12.1 Å². The maximum absolute atomic E-state index is 13.6. The monoisotopic (exact) mass is 360 g/mol. The van der Waals surface area contributed by atoms with E-state index in [0.29, 0.717) is 22.0 Å². The van der Waals surface area contributed by atoms with E-state index in [9.17, 15) is 14.3 Å². The van der Waals surface area contributed by atoms with Crippen molar-refractivity contribution >= 4 is 17.5 Å². The third-order valence-electron chi connectivity index (χ3n) is 3.59. The number of amides is 1. The quantitative estimate of drug-likeness (QED) is 0.730. The number of carbonyl (C=O) groups is 1. The van der Waals surface area contributed by atoms with Gasteiger partial charge in [-0.05, 0) is 12.1 Å². The number of nitrogens with one attached hydrogen (secondary N) is 1. The van der Waals surface area contributed by atoms with Gasteiger partial charge in [0.05, 0.1) is 11.6 Å². The molecule has 1 atom stereocenters. The zero-order valence-corrected chi connectivity index (χ0v) is 13.7. The first-order valence-corrected chi connectivity index (χ1v) is 7.85. The Kier molecular flexibility index (Phi) is 5.11. The second-order valence-corrected chi connectivity index (χ2v) is 5.71. The molecule has 25 heavy (non-hydrogen) atoms. The van der Waals surface area contributed by atoms with Crippen molar-refractivity contribution in [2.45, 2.75) is 12.6 Å². The van der Waals surface area contributed by atoms with Crippen molar-refractivity contribution in [3.63, 3.8) is 0 Å². The highest BCUT2D eigenvalue weighted by molar-refractivity contribution is 6.33. The summed E-state index contributed by atoms with van der Waals surface area (Å²) in [4.78, 5) is 12.0. The van der Waals surface area contributed by atoms with Crippen LogP contribution in [0.1, 0.15) is 17.4 Å². The molecule has 0 aliphatic rings. The molecule has 0 radical (unpaired) electrons. The van der Waals surface area contributed by atoms with Gasteiger partial charge < -0.3 is 14.9 Å². The molecule has 2 aromatic carbocycles. The average Bonchev–Trinajstić information content (AvgIpc) is 3.08. The van der Waals surface area contributed by atoms with Crippen LogP contribution in [0, 0.1) is 5.82 Å². The maximum Gasteiger partial charge on any atom is 0.253 e. The summed E-state index contributed by atoms with van der Waals surface area (Å²) in [5, 5.41) is 16.9. The molecule has 1 aromatic heterocycles. The Morgan fingerprint density at radius 3 is 2.72 bits per heavy atom. The van der Waals surface area contributed by atoms with E-state index in [1.54, 1.807) is 30.3 Å². The van der Waals surface area contributed by atoms with Crippen molar-refractivity contribution in [2.24, 2.45) is 0 Å². The lowest BCUT2D eigenvalue weighted by Gasteiger charge is -2.11. The molecule has 0 aliphatic carbocycles. The second kappa shape index (κ2) is 7.46. The highest BCUT2D eigenvalue weighted by Gasteiger charge is 2.20. The third kappa shape index (κ3) is 3.87. The minimum Gasteiger partial charge on any atom is -0.378 e. The predicted molar refractivity (Wildman–Crippen MR) is 90.2 cm³/mol. The van der Waals surface area contributed by atoms with Gasteiger partial charge >= 0.3 is 0 Å². The Hall–Kier alpha value is -2.70. The van der Waals surface area contributed by atoms with Gasteiger partial charge in [0.2, 0.25) is 0 Å². The minimum atomic E-state index is -1.60. The summed E-state index contributed by atoms with van der Waals surface area (Å²) in [5.41, 5.74) is 1.15. The molecule has 1 unspecified atom stereocenters. The van der Waals surface area contributed by atoms with Crippen molar-refractivity contribution in [2.75, 3.05) is 0 Å². The van der Waals surface area contributed by atoms with Crippen molar-refractivity contribution in [1.82, 2.24) is 10.5 Å². The van der Waals surface area contributed by atoms with E-state index < -0.39 is 17.8 Å². The van der Waals surface area contributed by atoms with E-state index in [0.717, 1.165) is 0 Å². The van der Waals surface area contributed by atoms with Gasteiger partial charge in [-0.15, -0.1) is 0 Å². The largest absolute Gasteiger partial charge is 0.378 e. The molecule has 0 saturated carbocycles. The van der Waals surface area contributed by atoms with Crippen molar-refractivity contribution in [1.29, 1.82) is 0 Å². The lowest BCUT2D eigenvalue weighted by Crippen LogP contribution is -2.29. The minimum absolute atomic E-state index is 0.00178. The molecule has 0 spiro atoms. The first kappa shape index (κ1) is 17.1. The molecule has 1 heterocycles. The van der Waals surface area contributed by atoms with Crippen LogP contribution in [-0.2, 0) is 11.3 Å². The average molecular weight is 361 g/mol. The van der Waals surface area contributed by atoms with E-state index >= 15 is 0 Å². The summed E-state index contributed by atoms with van der Waals surface area (Å²) < 4.78 is 18.8. The van der Waals surface area contributed by atoms with Crippen molar-refractivity contribution in [3.8, 4) is 11.3 Å². The van der Waals surface area contributed by atoms with Crippen LogP contribution in [0.25, 0.3) is 11.3 Å². The highest BCUT2D eigenvalue weighted by atomic mass is 35.5. The molecular weight excluding hydrogens is 347 g/mol. The number of rotatable bonds is 5. The van der Waals surface area contributed by atoms with Crippen LogP contribution in [0.15, 0.2) is 59.1 Å². The summed E-state index contributed by atoms with van der Waals surface area (Å²) in [5.74, 6) is -1.00.